The third-order valence-corrected chi connectivity index (χ3v) is 3.51. The highest BCUT2D eigenvalue weighted by atomic mass is 16.5. The van der Waals surface area contributed by atoms with Crippen LogP contribution >= 0.6 is 0 Å². The number of urea groups is 1. The number of rotatable bonds is 4. The molecule has 0 radical (unpaired) electrons. The minimum atomic E-state index is -0.489. The van der Waals surface area contributed by atoms with Crippen molar-refractivity contribution < 1.29 is 14.3 Å². The molecule has 1 aliphatic rings. The number of hydrogen-bond donors (Lipinski definition) is 2. The van der Waals surface area contributed by atoms with Gasteiger partial charge in [0.25, 0.3) is 0 Å². The van der Waals surface area contributed by atoms with Crippen molar-refractivity contribution >= 4 is 12.0 Å². The molecule has 21 heavy (non-hydrogen) atoms. The molecule has 0 aromatic heterocycles. The van der Waals surface area contributed by atoms with E-state index in [-0.39, 0.29) is 12.1 Å². The highest BCUT2D eigenvalue weighted by molar-refractivity contribution is 5.95. The molecule has 0 saturated heterocycles. The molecule has 1 aromatic carbocycles. The van der Waals surface area contributed by atoms with E-state index in [0.29, 0.717) is 11.3 Å². The first-order chi connectivity index (χ1) is 10.0. The molecule has 0 saturated carbocycles. The molecule has 1 aliphatic heterocycles. The number of nitrogens with one attached hydrogen (secondary N) is 2. The molecule has 1 heterocycles. The highest BCUT2D eigenvalue weighted by Gasteiger charge is 2.32. The Labute approximate surface area is 124 Å². The Kier molecular flexibility index (Phi) is 4.62. The zero-order valence-electron chi connectivity index (χ0n) is 12.5. The average molecular weight is 288 g/mol. The maximum Gasteiger partial charge on any atom is 0.338 e. The first kappa shape index (κ1) is 15.1. The standard InChI is InChI=1S/C16H20N2O3/c1-4-10(2)21-15(19)13-11(3)17-16(20)18-14(13)12-8-6-5-7-9-12/h5-10,14H,4H2,1-3H3,(H2,17,18,20)/t10-,14+/m0/s1. The van der Waals surface area contributed by atoms with Crippen molar-refractivity contribution in [3.8, 4) is 0 Å². The second kappa shape index (κ2) is 6.43. The van der Waals surface area contributed by atoms with Crippen molar-refractivity contribution in [2.75, 3.05) is 0 Å². The van der Waals surface area contributed by atoms with Gasteiger partial charge in [0, 0.05) is 5.70 Å². The lowest BCUT2D eigenvalue weighted by atomic mass is 9.95. The molecule has 0 aliphatic carbocycles. The van der Waals surface area contributed by atoms with Crippen LogP contribution in [0.3, 0.4) is 0 Å². The van der Waals surface area contributed by atoms with Crippen molar-refractivity contribution in [1.29, 1.82) is 0 Å². The molecular formula is C16H20N2O3. The summed E-state index contributed by atoms with van der Waals surface area (Å²) in [6.07, 6.45) is 0.584. The molecule has 0 unspecified atom stereocenters. The molecule has 112 valence electrons. The summed E-state index contributed by atoms with van der Waals surface area (Å²) in [7, 11) is 0. The Balaban J connectivity index is 2.35. The SMILES string of the molecule is CC[C@H](C)OC(=O)C1=C(C)NC(=O)N[C@@H]1c1ccccc1. The molecule has 5 nitrogen and oxygen atoms in total. The van der Waals surface area contributed by atoms with Crippen molar-refractivity contribution in [1.82, 2.24) is 10.6 Å². The fourth-order valence-electron chi connectivity index (χ4n) is 2.19. The van der Waals surface area contributed by atoms with Gasteiger partial charge >= 0.3 is 12.0 Å². The Morgan fingerprint density at radius 1 is 1.33 bits per heavy atom. The first-order valence-corrected chi connectivity index (χ1v) is 7.07. The van der Waals surface area contributed by atoms with E-state index in [2.05, 4.69) is 10.6 Å². The van der Waals surface area contributed by atoms with Gasteiger partial charge < -0.3 is 15.4 Å². The van der Waals surface area contributed by atoms with Crippen LogP contribution < -0.4 is 10.6 Å². The van der Waals surface area contributed by atoms with Gasteiger partial charge in [-0.05, 0) is 25.8 Å². The maximum atomic E-state index is 12.4. The Morgan fingerprint density at radius 3 is 2.62 bits per heavy atom. The zero-order chi connectivity index (χ0) is 15.4. The summed E-state index contributed by atoms with van der Waals surface area (Å²) in [5.41, 5.74) is 1.82. The highest BCUT2D eigenvalue weighted by Crippen LogP contribution is 2.27. The van der Waals surface area contributed by atoms with Crippen molar-refractivity contribution in [2.45, 2.75) is 39.3 Å². The summed E-state index contributed by atoms with van der Waals surface area (Å²) in [6.45, 7) is 5.51. The number of ether oxygens (including phenoxy) is 1. The fourth-order valence-corrected chi connectivity index (χ4v) is 2.19. The summed E-state index contributed by atoms with van der Waals surface area (Å²) in [5.74, 6) is -0.400. The number of benzene rings is 1. The predicted octanol–water partition coefficient (Wildman–Crippen LogP) is 2.66. The van der Waals surface area contributed by atoms with Gasteiger partial charge in [0.05, 0.1) is 17.7 Å². The number of esters is 1. The van der Waals surface area contributed by atoms with E-state index in [0.717, 1.165) is 12.0 Å². The molecule has 0 spiro atoms. The van der Waals surface area contributed by atoms with Crippen LogP contribution in [-0.4, -0.2) is 18.1 Å². The van der Waals surface area contributed by atoms with Gasteiger partial charge in [-0.1, -0.05) is 37.3 Å². The lowest BCUT2D eigenvalue weighted by Crippen LogP contribution is -2.45. The lowest BCUT2D eigenvalue weighted by molar-refractivity contribution is -0.144. The smallest absolute Gasteiger partial charge is 0.338 e. The van der Waals surface area contributed by atoms with E-state index >= 15 is 0 Å². The van der Waals surface area contributed by atoms with Gasteiger partial charge in [0.15, 0.2) is 0 Å². The minimum Gasteiger partial charge on any atom is -0.459 e. The van der Waals surface area contributed by atoms with Crippen LogP contribution in [0.15, 0.2) is 41.6 Å². The summed E-state index contributed by atoms with van der Waals surface area (Å²) < 4.78 is 5.41. The monoisotopic (exact) mass is 288 g/mol. The number of amides is 2. The van der Waals surface area contributed by atoms with Crippen LogP contribution in [-0.2, 0) is 9.53 Å². The quantitative estimate of drug-likeness (QED) is 0.837. The van der Waals surface area contributed by atoms with Crippen molar-refractivity contribution in [2.24, 2.45) is 0 Å². The number of carbonyl (C=O) groups excluding carboxylic acids is 2. The lowest BCUT2D eigenvalue weighted by Gasteiger charge is -2.28. The van der Waals surface area contributed by atoms with Gasteiger partial charge in [-0.3, -0.25) is 0 Å². The van der Waals surface area contributed by atoms with Gasteiger partial charge in [-0.15, -0.1) is 0 Å². The van der Waals surface area contributed by atoms with Gasteiger partial charge in [-0.25, -0.2) is 9.59 Å². The van der Waals surface area contributed by atoms with E-state index in [1.54, 1.807) is 6.92 Å². The van der Waals surface area contributed by atoms with Crippen LogP contribution in [0.2, 0.25) is 0 Å². The van der Waals surface area contributed by atoms with E-state index in [1.807, 2.05) is 44.2 Å². The topological polar surface area (TPSA) is 67.4 Å². The average Bonchev–Trinajstić information content (AvgIpc) is 2.47. The Bertz CT molecular complexity index is 566. The third-order valence-electron chi connectivity index (χ3n) is 3.51. The summed E-state index contributed by atoms with van der Waals surface area (Å²) in [6, 6.07) is 8.57. The molecule has 2 atom stereocenters. The Morgan fingerprint density at radius 2 is 2.00 bits per heavy atom. The second-order valence-corrected chi connectivity index (χ2v) is 5.11. The van der Waals surface area contributed by atoms with Crippen LogP contribution in [0.5, 0.6) is 0 Å². The molecule has 0 bridgehead atoms. The largest absolute Gasteiger partial charge is 0.459 e. The normalized spacial score (nSPS) is 19.6. The molecule has 2 rings (SSSR count). The van der Waals surface area contributed by atoms with Gasteiger partial charge in [0.2, 0.25) is 0 Å². The van der Waals surface area contributed by atoms with Crippen molar-refractivity contribution in [3.63, 3.8) is 0 Å². The van der Waals surface area contributed by atoms with Crippen LogP contribution in [0.25, 0.3) is 0 Å². The fraction of sp³-hybridized carbons (Fsp3) is 0.375. The van der Waals surface area contributed by atoms with Crippen LogP contribution in [0, 0.1) is 0 Å². The van der Waals surface area contributed by atoms with E-state index in [9.17, 15) is 9.59 Å². The molecule has 2 N–H and O–H groups in total. The van der Waals surface area contributed by atoms with Gasteiger partial charge in [-0.2, -0.15) is 0 Å². The van der Waals surface area contributed by atoms with E-state index in [1.165, 1.54) is 0 Å². The summed E-state index contributed by atoms with van der Waals surface area (Å²) in [4.78, 5) is 24.1. The third kappa shape index (κ3) is 3.42. The predicted molar refractivity (Wildman–Crippen MR) is 79.4 cm³/mol. The Hall–Kier alpha value is -2.30. The van der Waals surface area contributed by atoms with Crippen LogP contribution in [0.4, 0.5) is 4.79 Å². The molecule has 1 aromatic rings. The molecule has 0 fully saturated rings. The van der Waals surface area contributed by atoms with Crippen molar-refractivity contribution in [3.05, 3.63) is 47.2 Å². The van der Waals surface area contributed by atoms with Crippen LogP contribution in [0.1, 0.15) is 38.8 Å². The summed E-state index contributed by atoms with van der Waals surface area (Å²) >= 11 is 0. The number of allylic oxidation sites excluding steroid dienone is 1. The zero-order valence-corrected chi connectivity index (χ0v) is 12.5. The maximum absolute atomic E-state index is 12.4. The van der Waals surface area contributed by atoms with Gasteiger partial charge in [0.1, 0.15) is 0 Å². The molecule has 2 amide bonds. The minimum absolute atomic E-state index is 0.160. The molecule has 5 heteroatoms. The van der Waals surface area contributed by atoms with E-state index < -0.39 is 12.0 Å². The summed E-state index contributed by atoms with van der Waals surface area (Å²) in [5, 5.41) is 5.41. The first-order valence-electron chi connectivity index (χ1n) is 7.07. The second-order valence-electron chi connectivity index (χ2n) is 5.11. The molecular weight excluding hydrogens is 268 g/mol. The number of carbonyl (C=O) groups is 2. The number of hydrogen-bond acceptors (Lipinski definition) is 3. The van der Waals surface area contributed by atoms with E-state index in [4.69, 9.17) is 4.74 Å².